The van der Waals surface area contributed by atoms with Gasteiger partial charge >= 0.3 is 0 Å². The molecule has 0 aromatic carbocycles. The van der Waals surface area contributed by atoms with Crippen molar-refractivity contribution >= 4 is 10.0 Å². The van der Waals surface area contributed by atoms with E-state index in [1.807, 2.05) is 25.3 Å². The SMILES string of the molecule is CCCn1cc(S(=O)(=O)NCC(C)(C)CCO)nc1C. The lowest BCUT2D eigenvalue weighted by molar-refractivity contribution is 0.213. The van der Waals surface area contributed by atoms with Gasteiger partial charge in [-0.25, -0.2) is 18.1 Å². The summed E-state index contributed by atoms with van der Waals surface area (Å²) in [5.41, 5.74) is -0.289. The van der Waals surface area contributed by atoms with E-state index >= 15 is 0 Å². The summed E-state index contributed by atoms with van der Waals surface area (Å²) < 4.78 is 28.8. The molecule has 0 fully saturated rings. The molecule has 1 heterocycles. The average molecular weight is 303 g/mol. The van der Waals surface area contributed by atoms with Gasteiger partial charge in [0.15, 0.2) is 5.03 Å². The number of aliphatic hydroxyl groups excluding tert-OH is 1. The van der Waals surface area contributed by atoms with Gasteiger partial charge in [-0.15, -0.1) is 0 Å². The summed E-state index contributed by atoms with van der Waals surface area (Å²) in [4.78, 5) is 4.11. The Morgan fingerprint density at radius 2 is 2.10 bits per heavy atom. The predicted molar refractivity (Wildman–Crippen MR) is 77.9 cm³/mol. The number of nitrogens with zero attached hydrogens (tertiary/aromatic N) is 2. The molecule has 0 saturated carbocycles. The maximum Gasteiger partial charge on any atom is 0.259 e. The molecular formula is C13H25N3O3S. The van der Waals surface area contributed by atoms with E-state index in [1.165, 1.54) is 0 Å². The van der Waals surface area contributed by atoms with Gasteiger partial charge in [-0.2, -0.15) is 0 Å². The molecule has 1 rings (SSSR count). The smallest absolute Gasteiger partial charge is 0.259 e. The molecule has 0 saturated heterocycles. The molecule has 0 radical (unpaired) electrons. The molecule has 0 unspecified atom stereocenters. The Morgan fingerprint density at radius 3 is 2.65 bits per heavy atom. The third-order valence-corrected chi connectivity index (χ3v) is 4.49. The second kappa shape index (κ2) is 6.69. The highest BCUT2D eigenvalue weighted by Gasteiger charge is 2.24. The molecule has 0 atom stereocenters. The molecule has 0 aliphatic heterocycles. The average Bonchev–Trinajstić information content (AvgIpc) is 2.70. The summed E-state index contributed by atoms with van der Waals surface area (Å²) in [6.45, 7) is 8.71. The molecule has 2 N–H and O–H groups in total. The quantitative estimate of drug-likeness (QED) is 0.758. The fraction of sp³-hybridized carbons (Fsp3) is 0.769. The second-order valence-electron chi connectivity index (χ2n) is 5.78. The van der Waals surface area contributed by atoms with Crippen LogP contribution in [0.3, 0.4) is 0 Å². The lowest BCUT2D eigenvalue weighted by Gasteiger charge is -2.23. The monoisotopic (exact) mass is 303 g/mol. The van der Waals surface area contributed by atoms with Crippen molar-refractivity contribution in [1.29, 1.82) is 0 Å². The van der Waals surface area contributed by atoms with Crippen LogP contribution < -0.4 is 4.72 Å². The first-order chi connectivity index (χ1) is 9.22. The highest BCUT2D eigenvalue weighted by Crippen LogP contribution is 2.19. The molecule has 20 heavy (non-hydrogen) atoms. The molecular weight excluding hydrogens is 278 g/mol. The predicted octanol–water partition coefficient (Wildman–Crippen LogP) is 1.29. The first kappa shape index (κ1) is 17.1. The lowest BCUT2D eigenvalue weighted by Crippen LogP contribution is -2.34. The molecule has 116 valence electrons. The number of hydrogen-bond acceptors (Lipinski definition) is 4. The number of sulfonamides is 1. The molecule has 0 spiro atoms. The lowest BCUT2D eigenvalue weighted by atomic mass is 9.90. The van der Waals surface area contributed by atoms with Gasteiger partial charge in [0.25, 0.3) is 10.0 Å². The molecule has 0 aliphatic rings. The third-order valence-electron chi connectivity index (χ3n) is 3.22. The van der Waals surface area contributed by atoms with Crippen molar-refractivity contribution in [3.05, 3.63) is 12.0 Å². The van der Waals surface area contributed by atoms with E-state index in [0.717, 1.165) is 13.0 Å². The zero-order valence-electron chi connectivity index (χ0n) is 12.7. The maximum atomic E-state index is 12.2. The van der Waals surface area contributed by atoms with E-state index in [1.54, 1.807) is 13.1 Å². The summed E-state index contributed by atoms with van der Waals surface area (Å²) >= 11 is 0. The van der Waals surface area contributed by atoms with Crippen LogP contribution in [0.5, 0.6) is 0 Å². The normalized spacial score (nSPS) is 12.8. The Morgan fingerprint density at radius 1 is 1.45 bits per heavy atom. The standard InChI is InChI=1S/C13H25N3O3S/c1-5-7-16-9-12(15-11(16)2)20(18,19)14-10-13(3,4)6-8-17/h9,14,17H,5-8,10H2,1-4H3. The minimum absolute atomic E-state index is 0.0406. The van der Waals surface area contributed by atoms with Gasteiger partial charge in [-0.05, 0) is 25.2 Å². The van der Waals surface area contributed by atoms with E-state index in [2.05, 4.69) is 9.71 Å². The fourth-order valence-corrected chi connectivity index (χ4v) is 3.08. The summed E-state index contributed by atoms with van der Waals surface area (Å²) in [6, 6.07) is 0. The van der Waals surface area contributed by atoms with Crippen LogP contribution in [-0.4, -0.2) is 36.2 Å². The van der Waals surface area contributed by atoms with Gasteiger partial charge in [0.2, 0.25) is 0 Å². The molecule has 0 bridgehead atoms. The van der Waals surface area contributed by atoms with Crippen molar-refractivity contribution in [2.24, 2.45) is 5.41 Å². The van der Waals surface area contributed by atoms with Gasteiger partial charge in [-0.1, -0.05) is 20.8 Å². The highest BCUT2D eigenvalue weighted by atomic mass is 32.2. The van der Waals surface area contributed by atoms with Crippen LogP contribution in [0.4, 0.5) is 0 Å². The van der Waals surface area contributed by atoms with Crippen LogP contribution in [0.15, 0.2) is 11.2 Å². The summed E-state index contributed by atoms with van der Waals surface area (Å²) in [7, 11) is -3.60. The van der Waals surface area contributed by atoms with Gasteiger partial charge in [0.05, 0.1) is 0 Å². The minimum atomic E-state index is -3.60. The van der Waals surface area contributed by atoms with E-state index < -0.39 is 10.0 Å². The van der Waals surface area contributed by atoms with Crippen LogP contribution in [0.2, 0.25) is 0 Å². The number of hydrogen-bond donors (Lipinski definition) is 2. The van der Waals surface area contributed by atoms with Crippen LogP contribution in [0, 0.1) is 12.3 Å². The fourth-order valence-electron chi connectivity index (χ4n) is 1.83. The number of aryl methyl sites for hydroxylation is 2. The summed E-state index contributed by atoms with van der Waals surface area (Å²) in [6.07, 6.45) is 3.03. The molecule has 0 aliphatic carbocycles. The van der Waals surface area contributed by atoms with Crippen molar-refractivity contribution in [2.45, 2.75) is 52.1 Å². The van der Waals surface area contributed by atoms with Gasteiger partial charge in [0, 0.05) is 25.9 Å². The number of nitrogens with one attached hydrogen (secondary N) is 1. The van der Waals surface area contributed by atoms with Crippen molar-refractivity contribution in [2.75, 3.05) is 13.2 Å². The summed E-state index contributed by atoms with van der Waals surface area (Å²) in [5, 5.41) is 9.01. The van der Waals surface area contributed by atoms with Crippen LogP contribution in [0.1, 0.15) is 39.4 Å². The Hall–Kier alpha value is -0.920. The Bertz CT molecular complexity index is 535. The van der Waals surface area contributed by atoms with Crippen molar-refractivity contribution in [3.8, 4) is 0 Å². The first-order valence-corrected chi connectivity index (χ1v) is 8.34. The Balaban J connectivity index is 2.81. The van der Waals surface area contributed by atoms with Crippen LogP contribution in [-0.2, 0) is 16.6 Å². The maximum absolute atomic E-state index is 12.2. The van der Waals surface area contributed by atoms with Gasteiger partial charge in [0.1, 0.15) is 5.82 Å². The number of rotatable bonds is 8. The largest absolute Gasteiger partial charge is 0.396 e. The number of imidazole rings is 1. The number of aliphatic hydroxyl groups is 1. The molecule has 7 heteroatoms. The second-order valence-corrected chi connectivity index (χ2v) is 7.50. The van der Waals surface area contributed by atoms with Gasteiger partial charge < -0.3 is 9.67 Å². The molecule has 1 aromatic heterocycles. The van der Waals surface area contributed by atoms with E-state index in [9.17, 15) is 8.42 Å². The molecule has 1 aromatic rings. The van der Waals surface area contributed by atoms with Gasteiger partial charge in [-0.3, -0.25) is 0 Å². The van der Waals surface area contributed by atoms with E-state index in [4.69, 9.17) is 5.11 Å². The van der Waals surface area contributed by atoms with Crippen molar-refractivity contribution in [3.63, 3.8) is 0 Å². The highest BCUT2D eigenvalue weighted by molar-refractivity contribution is 7.89. The van der Waals surface area contributed by atoms with E-state index in [-0.39, 0.29) is 23.6 Å². The Labute approximate surface area is 121 Å². The minimum Gasteiger partial charge on any atom is -0.396 e. The zero-order valence-corrected chi connectivity index (χ0v) is 13.5. The zero-order chi connectivity index (χ0) is 15.4. The van der Waals surface area contributed by atoms with E-state index in [0.29, 0.717) is 12.2 Å². The number of aromatic nitrogens is 2. The molecule has 6 nitrogen and oxygen atoms in total. The topological polar surface area (TPSA) is 84.2 Å². The van der Waals surface area contributed by atoms with Crippen LogP contribution in [0.25, 0.3) is 0 Å². The molecule has 0 amide bonds. The third kappa shape index (κ3) is 4.57. The first-order valence-electron chi connectivity index (χ1n) is 6.86. The van der Waals surface area contributed by atoms with Crippen LogP contribution >= 0.6 is 0 Å². The van der Waals surface area contributed by atoms with Crippen molar-refractivity contribution in [1.82, 2.24) is 14.3 Å². The Kier molecular flexibility index (Phi) is 5.73. The van der Waals surface area contributed by atoms with Crippen molar-refractivity contribution < 1.29 is 13.5 Å². The summed E-state index contributed by atoms with van der Waals surface area (Å²) in [5.74, 6) is 0.696.